The summed E-state index contributed by atoms with van der Waals surface area (Å²) in [4.78, 5) is 24.1. The van der Waals surface area contributed by atoms with Gasteiger partial charge in [0.2, 0.25) is 0 Å². The van der Waals surface area contributed by atoms with Crippen LogP contribution < -0.4 is 15.6 Å². The van der Waals surface area contributed by atoms with Crippen LogP contribution in [0.5, 0.6) is 5.75 Å². The van der Waals surface area contributed by atoms with Crippen molar-refractivity contribution in [3.05, 3.63) is 63.6 Å². The van der Waals surface area contributed by atoms with Crippen LogP contribution in [0, 0.1) is 6.92 Å². The molecule has 2 aromatic carbocycles. The van der Waals surface area contributed by atoms with Crippen molar-refractivity contribution in [3.63, 3.8) is 0 Å². The van der Waals surface area contributed by atoms with E-state index in [-0.39, 0.29) is 5.91 Å². The molecule has 0 aliphatic rings. The van der Waals surface area contributed by atoms with Gasteiger partial charge in [-0.1, -0.05) is 17.7 Å². The van der Waals surface area contributed by atoms with E-state index >= 15 is 0 Å². The van der Waals surface area contributed by atoms with E-state index in [2.05, 4.69) is 26.8 Å². The van der Waals surface area contributed by atoms with Crippen molar-refractivity contribution in [1.29, 1.82) is 0 Å². The summed E-state index contributed by atoms with van der Waals surface area (Å²) in [6, 6.07) is 12.1. The molecule has 0 saturated carbocycles. The third-order valence-corrected chi connectivity index (χ3v) is 3.68. The molecule has 5 nitrogen and oxygen atoms in total. The van der Waals surface area contributed by atoms with Crippen LogP contribution in [0.15, 0.2) is 46.9 Å². The van der Waals surface area contributed by atoms with Crippen molar-refractivity contribution >= 4 is 27.7 Å². The molecule has 23 heavy (non-hydrogen) atoms. The first kappa shape index (κ1) is 17.0. The van der Waals surface area contributed by atoms with E-state index in [4.69, 9.17) is 4.74 Å². The van der Waals surface area contributed by atoms with E-state index in [1.165, 1.54) is 0 Å². The zero-order valence-electron chi connectivity index (χ0n) is 12.9. The maximum absolute atomic E-state index is 12.1. The number of benzene rings is 2. The predicted molar refractivity (Wildman–Crippen MR) is 91.4 cm³/mol. The summed E-state index contributed by atoms with van der Waals surface area (Å²) >= 11 is 3.35. The number of nitrogens with one attached hydrogen (secondary N) is 2. The van der Waals surface area contributed by atoms with E-state index < -0.39 is 5.91 Å². The van der Waals surface area contributed by atoms with Gasteiger partial charge in [0.1, 0.15) is 5.75 Å². The third-order valence-electron chi connectivity index (χ3n) is 3.06. The van der Waals surface area contributed by atoms with E-state index in [9.17, 15) is 9.59 Å². The zero-order chi connectivity index (χ0) is 16.8. The highest BCUT2D eigenvalue weighted by Crippen LogP contribution is 2.25. The summed E-state index contributed by atoms with van der Waals surface area (Å²) in [7, 11) is 0. The summed E-state index contributed by atoms with van der Waals surface area (Å²) < 4.78 is 6.07. The number of hydrogen-bond acceptors (Lipinski definition) is 3. The van der Waals surface area contributed by atoms with Crippen molar-refractivity contribution in [1.82, 2.24) is 10.9 Å². The van der Waals surface area contributed by atoms with Crippen molar-refractivity contribution in [2.75, 3.05) is 6.61 Å². The van der Waals surface area contributed by atoms with Gasteiger partial charge in [0.05, 0.1) is 11.1 Å². The van der Waals surface area contributed by atoms with Crippen molar-refractivity contribution in [2.24, 2.45) is 0 Å². The summed E-state index contributed by atoms with van der Waals surface area (Å²) in [5, 5.41) is 0. The summed E-state index contributed by atoms with van der Waals surface area (Å²) in [5.41, 5.74) is 6.66. The Hall–Kier alpha value is -2.34. The summed E-state index contributed by atoms with van der Waals surface area (Å²) in [5.74, 6) is -0.116. The SMILES string of the molecule is CCOc1ccc(C(=O)NNC(=O)c2cccc(C)c2)cc1Br. The van der Waals surface area contributed by atoms with E-state index in [0.717, 1.165) is 5.56 Å². The monoisotopic (exact) mass is 376 g/mol. The highest BCUT2D eigenvalue weighted by molar-refractivity contribution is 9.10. The average molecular weight is 377 g/mol. The van der Waals surface area contributed by atoms with Gasteiger partial charge in [-0.05, 0) is 60.1 Å². The van der Waals surface area contributed by atoms with Gasteiger partial charge in [-0.3, -0.25) is 20.4 Å². The van der Waals surface area contributed by atoms with Gasteiger partial charge in [0.15, 0.2) is 0 Å². The lowest BCUT2D eigenvalue weighted by molar-refractivity contribution is 0.0846. The van der Waals surface area contributed by atoms with E-state index in [1.807, 2.05) is 19.9 Å². The number of aryl methyl sites for hydroxylation is 1. The quantitative estimate of drug-likeness (QED) is 0.804. The van der Waals surface area contributed by atoms with Gasteiger partial charge in [0, 0.05) is 11.1 Å². The molecular weight excluding hydrogens is 360 g/mol. The van der Waals surface area contributed by atoms with Gasteiger partial charge in [-0.25, -0.2) is 0 Å². The molecule has 0 saturated heterocycles. The Morgan fingerprint density at radius 2 is 1.70 bits per heavy atom. The molecular formula is C17H17BrN2O3. The Bertz CT molecular complexity index is 732. The zero-order valence-corrected chi connectivity index (χ0v) is 14.4. The van der Waals surface area contributed by atoms with Gasteiger partial charge in [0.25, 0.3) is 11.8 Å². The van der Waals surface area contributed by atoms with Crippen LogP contribution >= 0.6 is 15.9 Å². The molecule has 0 atom stereocenters. The van der Waals surface area contributed by atoms with Gasteiger partial charge in [-0.2, -0.15) is 0 Å². The van der Waals surface area contributed by atoms with Crippen molar-refractivity contribution in [2.45, 2.75) is 13.8 Å². The molecule has 0 heterocycles. The van der Waals surface area contributed by atoms with Gasteiger partial charge < -0.3 is 4.74 Å². The number of amides is 2. The van der Waals surface area contributed by atoms with Crippen LogP contribution in [0.3, 0.4) is 0 Å². The summed E-state index contributed by atoms with van der Waals surface area (Å²) in [6.07, 6.45) is 0. The van der Waals surface area contributed by atoms with Crippen LogP contribution in [0.4, 0.5) is 0 Å². The maximum Gasteiger partial charge on any atom is 0.269 e. The molecule has 0 fully saturated rings. The van der Waals surface area contributed by atoms with Crippen molar-refractivity contribution < 1.29 is 14.3 Å². The lowest BCUT2D eigenvalue weighted by Gasteiger charge is -2.10. The first-order valence-electron chi connectivity index (χ1n) is 7.11. The summed E-state index contributed by atoms with van der Waals surface area (Å²) in [6.45, 7) is 4.32. The molecule has 0 bridgehead atoms. The molecule has 120 valence electrons. The number of ether oxygens (including phenoxy) is 1. The average Bonchev–Trinajstić information content (AvgIpc) is 2.54. The van der Waals surface area contributed by atoms with Crippen LogP contribution in [0.2, 0.25) is 0 Å². The Labute approximate surface area is 143 Å². The standard InChI is InChI=1S/C17H17BrN2O3/c1-3-23-15-8-7-13(10-14(15)18)17(22)20-19-16(21)12-6-4-5-11(2)9-12/h4-10H,3H2,1-2H3,(H,19,21)(H,20,22). The third kappa shape index (κ3) is 4.56. The highest BCUT2D eigenvalue weighted by atomic mass is 79.9. The molecule has 2 aromatic rings. The molecule has 0 aromatic heterocycles. The molecule has 0 aliphatic carbocycles. The molecule has 6 heteroatoms. The Kier molecular flexibility index (Phi) is 5.76. The largest absolute Gasteiger partial charge is 0.493 e. The number of carbonyl (C=O) groups excluding carboxylic acids is 2. The van der Waals surface area contributed by atoms with E-state index in [1.54, 1.807) is 36.4 Å². The second kappa shape index (κ2) is 7.78. The van der Waals surface area contributed by atoms with Crippen LogP contribution in [0.25, 0.3) is 0 Å². The molecule has 0 radical (unpaired) electrons. The molecule has 0 spiro atoms. The number of halogens is 1. The minimum Gasteiger partial charge on any atom is -0.493 e. The molecule has 2 N–H and O–H groups in total. The molecule has 2 rings (SSSR count). The second-order valence-electron chi connectivity index (χ2n) is 4.86. The molecule has 0 aliphatic heterocycles. The van der Waals surface area contributed by atoms with E-state index in [0.29, 0.717) is 28.0 Å². The number of rotatable bonds is 4. The number of hydrogen-bond donors (Lipinski definition) is 2. The topological polar surface area (TPSA) is 67.4 Å². The Morgan fingerprint density at radius 3 is 2.26 bits per heavy atom. The number of carbonyl (C=O) groups is 2. The van der Waals surface area contributed by atoms with Crippen molar-refractivity contribution in [3.8, 4) is 5.75 Å². The van der Waals surface area contributed by atoms with Gasteiger partial charge in [-0.15, -0.1) is 0 Å². The maximum atomic E-state index is 12.1. The fourth-order valence-corrected chi connectivity index (χ4v) is 2.45. The normalized spacial score (nSPS) is 10.0. The minimum absolute atomic E-state index is 0.368. The number of hydrazine groups is 1. The predicted octanol–water partition coefficient (Wildman–Crippen LogP) is 3.23. The Morgan fingerprint density at radius 1 is 1.04 bits per heavy atom. The Balaban J connectivity index is 1.99. The van der Waals surface area contributed by atoms with Gasteiger partial charge >= 0.3 is 0 Å². The first-order valence-corrected chi connectivity index (χ1v) is 7.90. The smallest absolute Gasteiger partial charge is 0.269 e. The highest BCUT2D eigenvalue weighted by Gasteiger charge is 2.11. The molecule has 2 amide bonds. The lowest BCUT2D eigenvalue weighted by atomic mass is 10.1. The van der Waals surface area contributed by atoms with Crippen LogP contribution in [0.1, 0.15) is 33.2 Å². The first-order chi connectivity index (χ1) is 11.0. The molecule has 0 unspecified atom stereocenters. The lowest BCUT2D eigenvalue weighted by Crippen LogP contribution is -2.41. The van der Waals surface area contributed by atoms with Crippen LogP contribution in [-0.2, 0) is 0 Å². The second-order valence-corrected chi connectivity index (χ2v) is 5.71. The fraction of sp³-hybridized carbons (Fsp3) is 0.176. The fourth-order valence-electron chi connectivity index (χ4n) is 1.96. The van der Waals surface area contributed by atoms with Crippen LogP contribution in [-0.4, -0.2) is 18.4 Å². The minimum atomic E-state index is -0.408.